The monoisotopic (exact) mass is 291 g/mol. The van der Waals surface area contributed by atoms with E-state index in [0.717, 1.165) is 39.0 Å². The number of sulfone groups is 1. The Kier molecular flexibility index (Phi) is 5.83. The van der Waals surface area contributed by atoms with E-state index in [-0.39, 0.29) is 16.7 Å². The van der Waals surface area contributed by atoms with Crippen molar-refractivity contribution >= 4 is 9.84 Å². The molecule has 1 heterocycles. The minimum Gasteiger partial charge on any atom is -0.381 e. The molecule has 0 bridgehead atoms. The lowest BCUT2D eigenvalue weighted by molar-refractivity contribution is 0.138. The van der Waals surface area contributed by atoms with Crippen LogP contribution in [0.3, 0.4) is 0 Å². The third kappa shape index (κ3) is 6.23. The standard InChI is InChI=1S/C14H29NO3S/c1-5-19(16,17)10-6-7-14(8-9-18-12-14)11-15-13(2,3)4/h15H,5-12H2,1-4H3. The first-order valence-corrected chi connectivity index (χ1v) is 9.03. The van der Waals surface area contributed by atoms with Gasteiger partial charge in [-0.15, -0.1) is 0 Å². The summed E-state index contributed by atoms with van der Waals surface area (Å²) in [6, 6.07) is 0. The van der Waals surface area contributed by atoms with Crippen molar-refractivity contribution in [1.82, 2.24) is 5.32 Å². The lowest BCUT2D eigenvalue weighted by atomic mass is 9.82. The summed E-state index contributed by atoms with van der Waals surface area (Å²) in [6.07, 6.45) is 2.70. The molecule has 1 unspecified atom stereocenters. The Bertz CT molecular complexity index is 365. The number of hydrogen-bond donors (Lipinski definition) is 1. The number of rotatable bonds is 7. The van der Waals surface area contributed by atoms with Gasteiger partial charge in [-0.05, 0) is 40.0 Å². The van der Waals surface area contributed by atoms with Gasteiger partial charge in [-0.2, -0.15) is 0 Å². The van der Waals surface area contributed by atoms with Crippen LogP contribution in [0.5, 0.6) is 0 Å². The Morgan fingerprint density at radius 2 is 2.00 bits per heavy atom. The summed E-state index contributed by atoms with van der Waals surface area (Å²) < 4.78 is 28.6. The van der Waals surface area contributed by atoms with Gasteiger partial charge in [0, 0.05) is 29.9 Å². The molecular formula is C14H29NO3S. The zero-order chi connectivity index (χ0) is 14.6. The molecule has 1 atom stereocenters. The van der Waals surface area contributed by atoms with E-state index in [1.807, 2.05) is 0 Å². The van der Waals surface area contributed by atoms with Crippen LogP contribution < -0.4 is 5.32 Å². The SMILES string of the molecule is CCS(=O)(=O)CCCC1(CNC(C)(C)C)CCOC1. The first kappa shape index (κ1) is 16.9. The smallest absolute Gasteiger partial charge is 0.150 e. The van der Waals surface area contributed by atoms with Gasteiger partial charge in [0.05, 0.1) is 12.4 Å². The maximum absolute atomic E-state index is 11.5. The third-order valence-electron chi connectivity index (χ3n) is 3.78. The molecule has 114 valence electrons. The molecule has 0 amide bonds. The fourth-order valence-corrected chi connectivity index (χ4v) is 3.21. The molecule has 0 aromatic carbocycles. The van der Waals surface area contributed by atoms with Crippen LogP contribution >= 0.6 is 0 Å². The number of hydrogen-bond acceptors (Lipinski definition) is 4. The highest BCUT2D eigenvalue weighted by molar-refractivity contribution is 7.91. The number of nitrogens with one attached hydrogen (secondary N) is 1. The molecule has 1 rings (SSSR count). The van der Waals surface area contributed by atoms with Crippen LogP contribution in [0.2, 0.25) is 0 Å². The molecule has 4 nitrogen and oxygen atoms in total. The molecule has 0 radical (unpaired) electrons. The van der Waals surface area contributed by atoms with Crippen molar-refractivity contribution in [3.8, 4) is 0 Å². The van der Waals surface area contributed by atoms with Crippen molar-refractivity contribution in [1.29, 1.82) is 0 Å². The van der Waals surface area contributed by atoms with Crippen LogP contribution in [-0.4, -0.2) is 45.2 Å². The summed E-state index contributed by atoms with van der Waals surface area (Å²) in [6.45, 7) is 10.6. The molecule has 1 fully saturated rings. The highest BCUT2D eigenvalue weighted by Crippen LogP contribution is 2.33. The minimum atomic E-state index is -2.84. The summed E-state index contributed by atoms with van der Waals surface area (Å²) in [5, 5.41) is 3.54. The van der Waals surface area contributed by atoms with Gasteiger partial charge < -0.3 is 10.1 Å². The van der Waals surface area contributed by atoms with E-state index in [1.165, 1.54) is 0 Å². The quantitative estimate of drug-likeness (QED) is 0.779. The fourth-order valence-electron chi connectivity index (χ4n) is 2.34. The van der Waals surface area contributed by atoms with Gasteiger partial charge >= 0.3 is 0 Å². The maximum atomic E-state index is 11.5. The van der Waals surface area contributed by atoms with Gasteiger partial charge in [0.15, 0.2) is 0 Å². The molecule has 0 spiro atoms. The second-order valence-electron chi connectivity index (χ2n) is 6.75. The largest absolute Gasteiger partial charge is 0.381 e. The Morgan fingerprint density at radius 3 is 2.47 bits per heavy atom. The Morgan fingerprint density at radius 1 is 1.32 bits per heavy atom. The molecular weight excluding hydrogens is 262 g/mol. The van der Waals surface area contributed by atoms with E-state index in [9.17, 15) is 8.42 Å². The zero-order valence-corrected chi connectivity index (χ0v) is 13.6. The zero-order valence-electron chi connectivity index (χ0n) is 12.8. The molecule has 1 aliphatic rings. The first-order chi connectivity index (χ1) is 8.68. The van der Waals surface area contributed by atoms with Crippen LogP contribution in [0.1, 0.15) is 47.0 Å². The maximum Gasteiger partial charge on any atom is 0.150 e. The van der Waals surface area contributed by atoms with Crippen molar-refractivity contribution in [2.24, 2.45) is 5.41 Å². The van der Waals surface area contributed by atoms with Crippen molar-refractivity contribution in [3.05, 3.63) is 0 Å². The van der Waals surface area contributed by atoms with E-state index < -0.39 is 9.84 Å². The number of ether oxygens (including phenoxy) is 1. The second kappa shape index (κ2) is 6.55. The van der Waals surface area contributed by atoms with E-state index >= 15 is 0 Å². The van der Waals surface area contributed by atoms with Crippen LogP contribution in [0.15, 0.2) is 0 Å². The van der Waals surface area contributed by atoms with Crippen molar-refractivity contribution in [2.45, 2.75) is 52.5 Å². The summed E-state index contributed by atoms with van der Waals surface area (Å²) in [4.78, 5) is 0. The molecule has 1 aliphatic heterocycles. The Labute approximate surface area is 118 Å². The lowest BCUT2D eigenvalue weighted by Gasteiger charge is -2.32. The first-order valence-electron chi connectivity index (χ1n) is 7.21. The van der Waals surface area contributed by atoms with Gasteiger partial charge in [-0.1, -0.05) is 6.92 Å². The van der Waals surface area contributed by atoms with Crippen LogP contribution in [-0.2, 0) is 14.6 Å². The van der Waals surface area contributed by atoms with Gasteiger partial charge in [0.1, 0.15) is 9.84 Å². The third-order valence-corrected chi connectivity index (χ3v) is 5.57. The predicted octanol–water partition coefficient (Wildman–Crippen LogP) is 2.00. The van der Waals surface area contributed by atoms with Crippen LogP contribution in [0, 0.1) is 5.41 Å². The highest BCUT2D eigenvalue weighted by Gasteiger charge is 2.35. The van der Waals surface area contributed by atoms with Gasteiger partial charge in [0.2, 0.25) is 0 Å². The molecule has 1 saturated heterocycles. The van der Waals surface area contributed by atoms with Gasteiger partial charge in [0.25, 0.3) is 0 Å². The normalized spacial score (nSPS) is 24.8. The average molecular weight is 291 g/mol. The minimum absolute atomic E-state index is 0.0884. The van der Waals surface area contributed by atoms with E-state index in [0.29, 0.717) is 5.75 Å². The van der Waals surface area contributed by atoms with Crippen LogP contribution in [0.25, 0.3) is 0 Å². The van der Waals surface area contributed by atoms with Crippen LogP contribution in [0.4, 0.5) is 0 Å². The van der Waals surface area contributed by atoms with E-state index in [2.05, 4.69) is 26.1 Å². The molecule has 0 saturated carbocycles. The molecule has 0 aromatic heterocycles. The Balaban J connectivity index is 2.48. The van der Waals surface area contributed by atoms with E-state index in [4.69, 9.17) is 4.74 Å². The molecule has 0 aliphatic carbocycles. The summed E-state index contributed by atoms with van der Waals surface area (Å²) >= 11 is 0. The van der Waals surface area contributed by atoms with E-state index in [1.54, 1.807) is 6.92 Å². The van der Waals surface area contributed by atoms with Crippen molar-refractivity contribution in [2.75, 3.05) is 31.3 Å². The summed E-state index contributed by atoms with van der Waals surface area (Å²) in [7, 11) is -2.84. The van der Waals surface area contributed by atoms with Crippen molar-refractivity contribution < 1.29 is 13.2 Å². The highest BCUT2D eigenvalue weighted by atomic mass is 32.2. The molecule has 0 aromatic rings. The predicted molar refractivity (Wildman–Crippen MR) is 79.2 cm³/mol. The summed E-state index contributed by atoms with van der Waals surface area (Å²) in [5.41, 5.74) is 0.210. The van der Waals surface area contributed by atoms with Crippen molar-refractivity contribution in [3.63, 3.8) is 0 Å². The fraction of sp³-hybridized carbons (Fsp3) is 1.00. The lowest BCUT2D eigenvalue weighted by Crippen LogP contribution is -2.44. The Hall–Kier alpha value is -0.130. The topological polar surface area (TPSA) is 55.4 Å². The van der Waals surface area contributed by atoms with Gasteiger partial charge in [-0.3, -0.25) is 0 Å². The molecule has 19 heavy (non-hydrogen) atoms. The average Bonchev–Trinajstić information content (AvgIpc) is 2.75. The second-order valence-corrected chi connectivity index (χ2v) is 9.22. The molecule has 5 heteroatoms. The summed E-state index contributed by atoms with van der Waals surface area (Å²) in [5.74, 6) is 0.553. The molecule has 1 N–H and O–H groups in total. The van der Waals surface area contributed by atoms with Gasteiger partial charge in [-0.25, -0.2) is 8.42 Å².